The highest BCUT2D eigenvalue weighted by Gasteiger charge is 2.27. The number of piperazine rings is 1. The van der Waals surface area contributed by atoms with Gasteiger partial charge in [-0.25, -0.2) is 4.39 Å². The summed E-state index contributed by atoms with van der Waals surface area (Å²) in [5, 5.41) is 2.81. The first-order valence-electron chi connectivity index (χ1n) is 10.4. The average Bonchev–Trinajstić information content (AvgIpc) is 2.73. The van der Waals surface area contributed by atoms with Crippen LogP contribution in [0.15, 0.2) is 48.5 Å². The van der Waals surface area contributed by atoms with Crippen molar-refractivity contribution in [1.82, 2.24) is 4.90 Å². The highest BCUT2D eigenvalue weighted by molar-refractivity contribution is 5.91. The van der Waals surface area contributed by atoms with E-state index in [9.17, 15) is 14.0 Å². The molecule has 3 rings (SSSR count). The highest BCUT2D eigenvalue weighted by atomic mass is 19.1. The molecule has 0 bridgehead atoms. The molecule has 0 atom stereocenters. The Labute approximate surface area is 177 Å². The Balaban J connectivity index is 1.38. The Morgan fingerprint density at radius 3 is 2.10 bits per heavy atom. The van der Waals surface area contributed by atoms with Crippen LogP contribution in [0, 0.1) is 12.7 Å². The molecular formula is C23H31FN4O2+2. The molecule has 1 aliphatic heterocycles. The van der Waals surface area contributed by atoms with E-state index in [0.29, 0.717) is 25.3 Å². The summed E-state index contributed by atoms with van der Waals surface area (Å²) >= 11 is 0. The first-order valence-corrected chi connectivity index (χ1v) is 10.4. The van der Waals surface area contributed by atoms with Gasteiger partial charge in [-0.3, -0.25) is 9.59 Å². The molecule has 2 aromatic rings. The van der Waals surface area contributed by atoms with Gasteiger partial charge in [-0.1, -0.05) is 29.8 Å². The molecule has 1 aliphatic rings. The van der Waals surface area contributed by atoms with Crippen molar-refractivity contribution in [2.45, 2.75) is 13.5 Å². The van der Waals surface area contributed by atoms with Crippen molar-refractivity contribution in [3.05, 3.63) is 65.5 Å². The number of benzene rings is 2. The number of amides is 2. The van der Waals surface area contributed by atoms with E-state index in [4.69, 9.17) is 0 Å². The standard InChI is InChI=1S/C23H29FN4O2/c1-18-3-5-19(6-4-18)15-26(2)23(30)17-28-13-11-27(12-14-28)16-22(29)25-21-9-7-20(24)8-10-21/h3-10H,11-17H2,1-2H3,(H,25,29)/p+2. The van der Waals surface area contributed by atoms with Gasteiger partial charge in [0.25, 0.3) is 11.8 Å². The van der Waals surface area contributed by atoms with Gasteiger partial charge < -0.3 is 20.0 Å². The largest absolute Gasteiger partial charge is 0.337 e. The van der Waals surface area contributed by atoms with E-state index >= 15 is 0 Å². The molecule has 2 aromatic carbocycles. The van der Waals surface area contributed by atoms with Crippen LogP contribution in [-0.2, 0) is 16.1 Å². The smallest absolute Gasteiger partial charge is 0.279 e. The second-order valence-corrected chi connectivity index (χ2v) is 8.14. The molecule has 6 nitrogen and oxygen atoms in total. The minimum Gasteiger partial charge on any atom is -0.337 e. The number of likely N-dealkylation sites (N-methyl/N-ethyl adjacent to an activating group) is 1. The summed E-state index contributed by atoms with van der Waals surface area (Å²) in [5.41, 5.74) is 2.95. The van der Waals surface area contributed by atoms with E-state index in [-0.39, 0.29) is 17.6 Å². The molecule has 0 aliphatic carbocycles. The van der Waals surface area contributed by atoms with Crippen LogP contribution in [0.5, 0.6) is 0 Å². The SMILES string of the molecule is Cc1ccc(CN(C)C(=O)C[NH+]2CC[NH+](CC(=O)Nc3ccc(F)cc3)CC2)cc1. The predicted molar refractivity (Wildman–Crippen MR) is 114 cm³/mol. The first kappa shape index (κ1) is 21.9. The second-order valence-electron chi connectivity index (χ2n) is 8.14. The number of carbonyl (C=O) groups excluding carboxylic acids is 2. The predicted octanol–water partition coefficient (Wildman–Crippen LogP) is -0.485. The van der Waals surface area contributed by atoms with Gasteiger partial charge in [0.2, 0.25) is 0 Å². The van der Waals surface area contributed by atoms with Gasteiger partial charge >= 0.3 is 0 Å². The van der Waals surface area contributed by atoms with Crippen LogP contribution < -0.4 is 15.1 Å². The lowest BCUT2D eigenvalue weighted by Crippen LogP contribution is -3.28. The third-order valence-corrected chi connectivity index (χ3v) is 5.57. The van der Waals surface area contributed by atoms with Gasteiger partial charge in [-0.05, 0) is 36.8 Å². The molecule has 0 unspecified atom stereocenters. The van der Waals surface area contributed by atoms with Crippen LogP contribution in [0.4, 0.5) is 10.1 Å². The van der Waals surface area contributed by atoms with Crippen LogP contribution in [0.25, 0.3) is 0 Å². The van der Waals surface area contributed by atoms with Crippen LogP contribution in [0.2, 0.25) is 0 Å². The minimum atomic E-state index is -0.322. The van der Waals surface area contributed by atoms with Gasteiger partial charge in [0.1, 0.15) is 32.0 Å². The van der Waals surface area contributed by atoms with E-state index in [0.717, 1.165) is 31.7 Å². The Morgan fingerprint density at radius 2 is 1.50 bits per heavy atom. The lowest BCUT2D eigenvalue weighted by atomic mass is 10.1. The van der Waals surface area contributed by atoms with Crippen LogP contribution in [0.1, 0.15) is 11.1 Å². The zero-order valence-electron chi connectivity index (χ0n) is 17.7. The van der Waals surface area contributed by atoms with Crippen molar-refractivity contribution in [3.8, 4) is 0 Å². The van der Waals surface area contributed by atoms with E-state index < -0.39 is 0 Å². The number of hydrogen-bond donors (Lipinski definition) is 3. The minimum absolute atomic E-state index is 0.0750. The Kier molecular flexibility index (Phi) is 7.54. The van der Waals surface area contributed by atoms with Gasteiger partial charge in [0.15, 0.2) is 13.1 Å². The number of nitrogens with zero attached hydrogens (tertiary/aromatic N) is 1. The van der Waals surface area contributed by atoms with Crippen molar-refractivity contribution in [2.24, 2.45) is 0 Å². The quantitative estimate of drug-likeness (QED) is 0.573. The van der Waals surface area contributed by atoms with Gasteiger partial charge in [-0.15, -0.1) is 0 Å². The summed E-state index contributed by atoms with van der Waals surface area (Å²) in [6, 6.07) is 14.0. The molecule has 1 saturated heterocycles. The fraction of sp³-hybridized carbons (Fsp3) is 0.391. The van der Waals surface area contributed by atoms with Crippen LogP contribution in [0.3, 0.4) is 0 Å². The maximum Gasteiger partial charge on any atom is 0.279 e. The van der Waals surface area contributed by atoms with Crippen molar-refractivity contribution in [1.29, 1.82) is 0 Å². The molecule has 1 fully saturated rings. The number of halogens is 1. The number of quaternary nitrogens is 2. The average molecular weight is 415 g/mol. The van der Waals surface area contributed by atoms with E-state index in [1.165, 1.54) is 27.5 Å². The lowest BCUT2D eigenvalue weighted by molar-refractivity contribution is -1.00. The van der Waals surface area contributed by atoms with Gasteiger partial charge in [-0.2, -0.15) is 0 Å². The molecule has 160 valence electrons. The molecule has 2 amide bonds. The highest BCUT2D eigenvalue weighted by Crippen LogP contribution is 2.07. The fourth-order valence-corrected chi connectivity index (χ4v) is 3.68. The number of aryl methyl sites for hydroxylation is 1. The number of carbonyl (C=O) groups is 2. The molecule has 1 heterocycles. The molecule has 3 N–H and O–H groups in total. The summed E-state index contributed by atoms with van der Waals surface area (Å²) in [4.78, 5) is 29.0. The fourth-order valence-electron chi connectivity index (χ4n) is 3.68. The van der Waals surface area contributed by atoms with Crippen molar-refractivity contribution in [3.63, 3.8) is 0 Å². The lowest BCUT2D eigenvalue weighted by Gasteiger charge is -2.30. The molecule has 7 heteroatoms. The maximum absolute atomic E-state index is 13.0. The normalized spacial score (nSPS) is 18.6. The summed E-state index contributed by atoms with van der Waals surface area (Å²) in [6.45, 7) is 6.96. The topological polar surface area (TPSA) is 58.3 Å². The van der Waals surface area contributed by atoms with Crippen LogP contribution in [-0.4, -0.2) is 63.0 Å². The van der Waals surface area contributed by atoms with Gasteiger partial charge in [0, 0.05) is 19.3 Å². The molecule has 0 saturated carbocycles. The third-order valence-electron chi connectivity index (χ3n) is 5.57. The molecular weight excluding hydrogens is 383 g/mol. The van der Waals surface area contributed by atoms with Crippen molar-refractivity contribution >= 4 is 17.5 Å². The van der Waals surface area contributed by atoms with Gasteiger partial charge in [0.05, 0.1) is 0 Å². The van der Waals surface area contributed by atoms with Crippen LogP contribution >= 0.6 is 0 Å². The molecule has 0 aromatic heterocycles. The number of anilines is 1. The number of nitrogens with one attached hydrogen (secondary N) is 3. The van der Waals surface area contributed by atoms with Crippen molar-refractivity contribution in [2.75, 3.05) is 51.6 Å². The Hall–Kier alpha value is -2.77. The monoisotopic (exact) mass is 414 g/mol. The Bertz CT molecular complexity index is 847. The van der Waals surface area contributed by atoms with E-state index in [2.05, 4.69) is 36.5 Å². The van der Waals surface area contributed by atoms with E-state index in [1.807, 2.05) is 7.05 Å². The third kappa shape index (κ3) is 6.64. The molecule has 0 radical (unpaired) electrons. The molecule has 0 spiro atoms. The van der Waals surface area contributed by atoms with Crippen molar-refractivity contribution < 1.29 is 23.8 Å². The summed E-state index contributed by atoms with van der Waals surface area (Å²) in [7, 11) is 1.85. The zero-order chi connectivity index (χ0) is 21.5. The van der Waals surface area contributed by atoms with E-state index in [1.54, 1.807) is 17.0 Å². The summed E-state index contributed by atoms with van der Waals surface area (Å²) < 4.78 is 13.0. The molecule has 30 heavy (non-hydrogen) atoms. The summed E-state index contributed by atoms with van der Waals surface area (Å²) in [6.07, 6.45) is 0. The number of hydrogen-bond acceptors (Lipinski definition) is 2. The maximum atomic E-state index is 13.0. The summed E-state index contributed by atoms with van der Waals surface area (Å²) in [5.74, 6) is -0.256. The first-order chi connectivity index (χ1) is 14.4. The second kappa shape index (κ2) is 10.3. The Morgan fingerprint density at radius 1 is 0.933 bits per heavy atom. The number of rotatable bonds is 7. The zero-order valence-corrected chi connectivity index (χ0v) is 17.7.